The number of nitrogens with zero attached hydrogens (tertiary/aromatic N) is 3. The van der Waals surface area contributed by atoms with Gasteiger partial charge in [0, 0.05) is 25.8 Å². The van der Waals surface area contributed by atoms with Crippen molar-refractivity contribution in [3.63, 3.8) is 0 Å². The maximum atomic E-state index is 5.99. The first kappa shape index (κ1) is 15.2. The Kier molecular flexibility index (Phi) is 6.36. The average molecular weight is 252 g/mol. The molecule has 1 heterocycles. The highest BCUT2D eigenvalue weighted by molar-refractivity contribution is 5.06. The van der Waals surface area contributed by atoms with Crippen molar-refractivity contribution in [2.75, 3.05) is 13.1 Å². The Morgan fingerprint density at radius 1 is 1.39 bits per heavy atom. The quantitative estimate of drug-likeness (QED) is 0.722. The molecule has 18 heavy (non-hydrogen) atoms. The van der Waals surface area contributed by atoms with Crippen LogP contribution in [0.2, 0.25) is 0 Å². The smallest absolute Gasteiger partial charge is 0.0946 e. The summed E-state index contributed by atoms with van der Waals surface area (Å²) >= 11 is 0. The van der Waals surface area contributed by atoms with Crippen molar-refractivity contribution in [2.24, 2.45) is 12.8 Å². The van der Waals surface area contributed by atoms with Gasteiger partial charge in [-0.1, -0.05) is 19.8 Å². The van der Waals surface area contributed by atoms with Crippen LogP contribution >= 0.6 is 0 Å². The van der Waals surface area contributed by atoms with Crippen molar-refractivity contribution in [3.05, 3.63) is 18.2 Å². The van der Waals surface area contributed by atoms with E-state index in [0.29, 0.717) is 12.6 Å². The predicted octanol–water partition coefficient (Wildman–Crippen LogP) is 2.32. The molecule has 1 rings (SSSR count). The van der Waals surface area contributed by atoms with Crippen molar-refractivity contribution < 1.29 is 0 Å². The normalized spacial score (nSPS) is 13.5. The van der Waals surface area contributed by atoms with Crippen LogP contribution in [-0.4, -0.2) is 33.6 Å². The second-order valence-corrected chi connectivity index (χ2v) is 5.22. The molecule has 0 radical (unpaired) electrons. The Balaban J connectivity index is 2.78. The van der Waals surface area contributed by atoms with E-state index >= 15 is 0 Å². The number of hydrogen-bond donors (Lipinski definition) is 1. The van der Waals surface area contributed by atoms with E-state index in [1.165, 1.54) is 25.0 Å². The van der Waals surface area contributed by atoms with Gasteiger partial charge in [-0.25, -0.2) is 4.98 Å². The molecule has 0 saturated carbocycles. The van der Waals surface area contributed by atoms with Crippen LogP contribution in [0.3, 0.4) is 0 Å². The van der Waals surface area contributed by atoms with Gasteiger partial charge in [-0.05, 0) is 26.8 Å². The second kappa shape index (κ2) is 7.54. The molecule has 0 aliphatic carbocycles. The largest absolute Gasteiger partial charge is 0.336 e. The van der Waals surface area contributed by atoms with E-state index < -0.39 is 0 Å². The van der Waals surface area contributed by atoms with E-state index in [2.05, 4.69) is 35.2 Å². The Hall–Kier alpha value is -0.870. The van der Waals surface area contributed by atoms with Crippen LogP contribution in [0.5, 0.6) is 0 Å². The van der Waals surface area contributed by atoms with Gasteiger partial charge >= 0.3 is 0 Å². The minimum absolute atomic E-state index is 0.273. The van der Waals surface area contributed by atoms with Gasteiger partial charge in [-0.2, -0.15) is 0 Å². The Morgan fingerprint density at radius 2 is 2.11 bits per heavy atom. The van der Waals surface area contributed by atoms with Crippen LogP contribution in [0.1, 0.15) is 51.8 Å². The molecule has 0 saturated heterocycles. The number of nitrogens with two attached hydrogens (primary N) is 1. The van der Waals surface area contributed by atoms with E-state index in [-0.39, 0.29) is 6.04 Å². The molecule has 0 amide bonds. The molecule has 1 unspecified atom stereocenters. The molecule has 1 atom stereocenters. The first-order valence-corrected chi connectivity index (χ1v) is 7.03. The van der Waals surface area contributed by atoms with Gasteiger partial charge in [0.15, 0.2) is 0 Å². The summed E-state index contributed by atoms with van der Waals surface area (Å²) in [4.78, 5) is 6.70. The molecule has 1 aromatic rings. The SMILES string of the molecule is CCCCCN(C(C)C)C(CN)c1cncn1C. The lowest BCUT2D eigenvalue weighted by atomic mass is 10.1. The molecule has 0 aliphatic heterocycles. The Bertz CT molecular complexity index is 332. The predicted molar refractivity (Wildman–Crippen MR) is 76.4 cm³/mol. The third kappa shape index (κ3) is 3.82. The average Bonchev–Trinajstić information content (AvgIpc) is 2.74. The van der Waals surface area contributed by atoms with Gasteiger partial charge in [-0.15, -0.1) is 0 Å². The van der Waals surface area contributed by atoms with E-state index in [0.717, 1.165) is 6.54 Å². The van der Waals surface area contributed by atoms with Crippen LogP contribution < -0.4 is 5.73 Å². The number of unbranched alkanes of at least 4 members (excludes halogenated alkanes) is 2. The fourth-order valence-electron chi connectivity index (χ4n) is 2.43. The zero-order valence-corrected chi connectivity index (χ0v) is 12.3. The van der Waals surface area contributed by atoms with Crippen molar-refractivity contribution in [2.45, 2.75) is 52.1 Å². The molecule has 2 N–H and O–H groups in total. The minimum Gasteiger partial charge on any atom is -0.336 e. The van der Waals surface area contributed by atoms with Gasteiger partial charge in [0.1, 0.15) is 0 Å². The van der Waals surface area contributed by atoms with Gasteiger partial charge in [0.25, 0.3) is 0 Å². The maximum absolute atomic E-state index is 5.99. The lowest BCUT2D eigenvalue weighted by Crippen LogP contribution is -2.40. The van der Waals surface area contributed by atoms with Crippen molar-refractivity contribution in [1.82, 2.24) is 14.5 Å². The fraction of sp³-hybridized carbons (Fsp3) is 0.786. The zero-order chi connectivity index (χ0) is 13.5. The molecule has 1 aromatic heterocycles. The Morgan fingerprint density at radius 3 is 2.56 bits per heavy atom. The van der Waals surface area contributed by atoms with Gasteiger partial charge in [-0.3, -0.25) is 4.90 Å². The summed E-state index contributed by atoms with van der Waals surface area (Å²) in [5.41, 5.74) is 7.20. The number of rotatable bonds is 8. The van der Waals surface area contributed by atoms with Crippen LogP contribution in [-0.2, 0) is 7.05 Å². The molecular formula is C14H28N4. The van der Waals surface area contributed by atoms with E-state index in [9.17, 15) is 0 Å². The van der Waals surface area contributed by atoms with Crippen molar-refractivity contribution in [3.8, 4) is 0 Å². The van der Waals surface area contributed by atoms with Gasteiger partial charge in [0.2, 0.25) is 0 Å². The lowest BCUT2D eigenvalue weighted by Gasteiger charge is -2.34. The molecule has 0 bridgehead atoms. The molecule has 0 spiro atoms. The summed E-state index contributed by atoms with van der Waals surface area (Å²) in [6, 6.07) is 0.777. The molecule has 104 valence electrons. The molecule has 0 aliphatic rings. The standard InChI is InChI=1S/C14H28N4/c1-5-6-7-8-18(12(2)3)13(9-15)14-10-16-11-17(14)4/h10-13H,5-9,15H2,1-4H3. The first-order chi connectivity index (χ1) is 8.61. The summed E-state index contributed by atoms with van der Waals surface area (Å²) in [6.45, 7) is 8.47. The highest BCUT2D eigenvalue weighted by atomic mass is 15.2. The van der Waals surface area contributed by atoms with Crippen LogP contribution in [0.25, 0.3) is 0 Å². The third-order valence-corrected chi connectivity index (χ3v) is 3.50. The molecule has 0 fully saturated rings. The number of aromatic nitrogens is 2. The van der Waals surface area contributed by atoms with Crippen molar-refractivity contribution >= 4 is 0 Å². The summed E-state index contributed by atoms with van der Waals surface area (Å²) in [5, 5.41) is 0. The first-order valence-electron chi connectivity index (χ1n) is 7.03. The highest BCUT2D eigenvalue weighted by Gasteiger charge is 2.23. The van der Waals surface area contributed by atoms with Crippen LogP contribution in [0.4, 0.5) is 0 Å². The maximum Gasteiger partial charge on any atom is 0.0946 e. The summed E-state index contributed by atoms with van der Waals surface area (Å²) in [5.74, 6) is 0. The highest BCUT2D eigenvalue weighted by Crippen LogP contribution is 2.22. The van der Waals surface area contributed by atoms with E-state index in [4.69, 9.17) is 5.73 Å². The van der Waals surface area contributed by atoms with E-state index in [1.807, 2.05) is 19.6 Å². The number of imidazole rings is 1. The monoisotopic (exact) mass is 252 g/mol. The van der Waals surface area contributed by atoms with E-state index in [1.54, 1.807) is 0 Å². The number of hydrogen-bond acceptors (Lipinski definition) is 3. The second-order valence-electron chi connectivity index (χ2n) is 5.22. The molecule has 4 heteroatoms. The third-order valence-electron chi connectivity index (χ3n) is 3.50. The lowest BCUT2D eigenvalue weighted by molar-refractivity contribution is 0.149. The zero-order valence-electron chi connectivity index (χ0n) is 12.3. The minimum atomic E-state index is 0.273. The Labute approximate surface area is 111 Å². The van der Waals surface area contributed by atoms with Gasteiger partial charge in [0.05, 0.1) is 18.1 Å². The molecular weight excluding hydrogens is 224 g/mol. The topological polar surface area (TPSA) is 47.1 Å². The van der Waals surface area contributed by atoms with Crippen LogP contribution in [0, 0.1) is 0 Å². The van der Waals surface area contributed by atoms with Crippen molar-refractivity contribution in [1.29, 1.82) is 0 Å². The summed E-state index contributed by atoms with van der Waals surface area (Å²) in [6.07, 6.45) is 7.56. The summed E-state index contributed by atoms with van der Waals surface area (Å²) in [7, 11) is 2.04. The van der Waals surface area contributed by atoms with Crippen LogP contribution in [0.15, 0.2) is 12.5 Å². The molecule has 0 aromatic carbocycles. The number of aryl methyl sites for hydroxylation is 1. The fourth-order valence-corrected chi connectivity index (χ4v) is 2.43. The summed E-state index contributed by atoms with van der Waals surface area (Å²) < 4.78 is 2.08. The molecule has 4 nitrogen and oxygen atoms in total. The van der Waals surface area contributed by atoms with Gasteiger partial charge < -0.3 is 10.3 Å².